The first kappa shape index (κ1) is 12.7. The molecule has 1 aliphatic carbocycles. The zero-order valence-corrected chi connectivity index (χ0v) is 11.6. The highest BCUT2D eigenvalue weighted by Crippen LogP contribution is 2.38. The number of carbonyl (C=O) groups excluding carboxylic acids is 1. The number of aromatic hydroxyl groups is 1. The van der Waals surface area contributed by atoms with Gasteiger partial charge in [0.15, 0.2) is 0 Å². The summed E-state index contributed by atoms with van der Waals surface area (Å²) in [4.78, 5) is 11.7. The van der Waals surface area contributed by atoms with Gasteiger partial charge in [0.1, 0.15) is 5.75 Å². The van der Waals surface area contributed by atoms with E-state index in [0.29, 0.717) is 11.3 Å². The first-order valence-corrected chi connectivity index (χ1v) is 6.64. The van der Waals surface area contributed by atoms with E-state index >= 15 is 0 Å². The minimum atomic E-state index is -0.323. The van der Waals surface area contributed by atoms with Crippen molar-refractivity contribution in [2.75, 3.05) is 7.11 Å². The lowest BCUT2D eigenvalue weighted by molar-refractivity contribution is 0.0601. The van der Waals surface area contributed by atoms with E-state index in [2.05, 4.69) is 0 Å². The maximum Gasteiger partial charge on any atom is 0.337 e. The highest BCUT2D eigenvalue weighted by Gasteiger charge is 2.20. The number of fused-ring (bicyclic) bond motifs is 3. The molecule has 1 N–H and O–H groups in total. The van der Waals surface area contributed by atoms with Crippen LogP contribution in [0.5, 0.6) is 5.75 Å². The maximum absolute atomic E-state index is 11.7. The molecule has 0 fully saturated rings. The van der Waals surface area contributed by atoms with Crippen molar-refractivity contribution in [1.82, 2.24) is 0 Å². The van der Waals surface area contributed by atoms with Crippen LogP contribution in [0, 0.1) is 6.92 Å². The summed E-state index contributed by atoms with van der Waals surface area (Å²) in [7, 11) is 1.39. The third-order valence-corrected chi connectivity index (χ3v) is 3.87. The molecule has 0 atom stereocenters. The van der Waals surface area contributed by atoms with E-state index in [4.69, 9.17) is 4.74 Å². The average molecular weight is 268 g/mol. The number of hydrogen-bond donors (Lipinski definition) is 1. The highest BCUT2D eigenvalue weighted by molar-refractivity contribution is 5.92. The minimum absolute atomic E-state index is 0.300. The van der Waals surface area contributed by atoms with Gasteiger partial charge >= 0.3 is 5.97 Å². The van der Waals surface area contributed by atoms with Crippen molar-refractivity contribution in [1.29, 1.82) is 0 Å². The van der Waals surface area contributed by atoms with E-state index in [0.717, 1.165) is 35.1 Å². The number of esters is 1. The summed E-state index contributed by atoms with van der Waals surface area (Å²) in [6, 6.07) is 9.28. The lowest BCUT2D eigenvalue weighted by atomic mass is 9.82. The Kier molecular flexibility index (Phi) is 2.97. The van der Waals surface area contributed by atoms with Crippen molar-refractivity contribution in [3.05, 3.63) is 52.6 Å². The molecule has 1 aliphatic rings. The van der Waals surface area contributed by atoms with Crippen LogP contribution in [0.25, 0.3) is 11.1 Å². The molecule has 0 bridgehead atoms. The largest absolute Gasteiger partial charge is 0.508 e. The van der Waals surface area contributed by atoms with Gasteiger partial charge in [-0.05, 0) is 71.8 Å². The second kappa shape index (κ2) is 4.67. The molecule has 0 aliphatic heterocycles. The molecule has 3 heteroatoms. The summed E-state index contributed by atoms with van der Waals surface area (Å²) >= 11 is 0. The van der Waals surface area contributed by atoms with Crippen LogP contribution in [0.3, 0.4) is 0 Å². The third kappa shape index (κ3) is 1.95. The number of carbonyl (C=O) groups is 1. The van der Waals surface area contributed by atoms with Crippen LogP contribution in [0.15, 0.2) is 30.3 Å². The molecule has 102 valence electrons. The van der Waals surface area contributed by atoms with Gasteiger partial charge in [-0.3, -0.25) is 0 Å². The van der Waals surface area contributed by atoms with Crippen LogP contribution >= 0.6 is 0 Å². The van der Waals surface area contributed by atoms with E-state index in [-0.39, 0.29) is 5.97 Å². The molecule has 2 aromatic carbocycles. The second-order valence-corrected chi connectivity index (χ2v) is 5.16. The van der Waals surface area contributed by atoms with Gasteiger partial charge < -0.3 is 9.84 Å². The van der Waals surface area contributed by atoms with Gasteiger partial charge in [-0.25, -0.2) is 4.79 Å². The van der Waals surface area contributed by atoms with E-state index in [1.165, 1.54) is 12.7 Å². The zero-order valence-electron chi connectivity index (χ0n) is 11.6. The molecule has 20 heavy (non-hydrogen) atoms. The minimum Gasteiger partial charge on any atom is -0.508 e. The average Bonchev–Trinajstić information content (AvgIpc) is 2.44. The number of phenols is 1. The number of phenolic OH excluding ortho intramolecular Hbond substituents is 1. The van der Waals surface area contributed by atoms with Gasteiger partial charge in [0.25, 0.3) is 0 Å². The summed E-state index contributed by atoms with van der Waals surface area (Å²) in [5.41, 5.74) is 6.17. The lowest BCUT2D eigenvalue weighted by Gasteiger charge is -2.22. The van der Waals surface area contributed by atoms with Crippen LogP contribution in [-0.2, 0) is 17.6 Å². The first-order chi connectivity index (χ1) is 9.60. The number of ether oxygens (including phenoxy) is 1. The van der Waals surface area contributed by atoms with Crippen molar-refractivity contribution < 1.29 is 14.6 Å². The van der Waals surface area contributed by atoms with Gasteiger partial charge in [-0.15, -0.1) is 0 Å². The highest BCUT2D eigenvalue weighted by atomic mass is 16.5. The fourth-order valence-corrected chi connectivity index (χ4v) is 2.96. The van der Waals surface area contributed by atoms with E-state index < -0.39 is 0 Å². The predicted molar refractivity (Wildman–Crippen MR) is 77.0 cm³/mol. The molecule has 0 amide bonds. The van der Waals surface area contributed by atoms with Crippen molar-refractivity contribution >= 4 is 5.97 Å². The monoisotopic (exact) mass is 268 g/mol. The van der Waals surface area contributed by atoms with Crippen LogP contribution in [0.4, 0.5) is 0 Å². The standard InChI is InChI=1S/C17H16O3/c1-10-7-14(18)8-12-5-3-11-4-6-13(17(19)20-2)9-15(11)16(10)12/h4,6-9,18H,3,5H2,1-2H3. The predicted octanol–water partition coefficient (Wildman–Crippen LogP) is 3.25. The Bertz CT molecular complexity index is 702. The van der Waals surface area contributed by atoms with Crippen molar-refractivity contribution in [3.8, 4) is 16.9 Å². The number of methoxy groups -OCH3 is 1. The molecule has 0 aromatic heterocycles. The number of rotatable bonds is 1. The third-order valence-electron chi connectivity index (χ3n) is 3.87. The zero-order chi connectivity index (χ0) is 14.3. The van der Waals surface area contributed by atoms with Crippen LogP contribution in [0.2, 0.25) is 0 Å². The summed E-state index contributed by atoms with van der Waals surface area (Å²) < 4.78 is 4.79. The van der Waals surface area contributed by atoms with Gasteiger partial charge in [0, 0.05) is 0 Å². The van der Waals surface area contributed by atoms with E-state index in [9.17, 15) is 9.90 Å². The Hall–Kier alpha value is -2.29. The van der Waals surface area contributed by atoms with Crippen LogP contribution in [0.1, 0.15) is 27.0 Å². The molecular formula is C17H16O3. The maximum atomic E-state index is 11.7. The van der Waals surface area contributed by atoms with E-state index in [1.54, 1.807) is 6.07 Å². The summed E-state index contributed by atoms with van der Waals surface area (Å²) in [5, 5.41) is 9.72. The SMILES string of the molecule is COC(=O)c1ccc2c(c1)-c1c(C)cc(O)cc1CC2. The molecule has 0 spiro atoms. The van der Waals surface area contributed by atoms with Crippen LogP contribution in [-0.4, -0.2) is 18.2 Å². The number of hydrogen-bond acceptors (Lipinski definition) is 3. The molecule has 3 nitrogen and oxygen atoms in total. The molecule has 0 saturated carbocycles. The summed E-state index contributed by atoms with van der Waals surface area (Å²) in [6.07, 6.45) is 1.84. The van der Waals surface area contributed by atoms with Gasteiger partial charge in [0.2, 0.25) is 0 Å². The molecule has 0 radical (unpaired) electrons. The number of benzene rings is 2. The smallest absolute Gasteiger partial charge is 0.337 e. The molecule has 2 aromatic rings. The topological polar surface area (TPSA) is 46.5 Å². The molecule has 0 unspecified atom stereocenters. The fourth-order valence-electron chi connectivity index (χ4n) is 2.96. The quantitative estimate of drug-likeness (QED) is 0.807. The van der Waals surface area contributed by atoms with Crippen molar-refractivity contribution in [2.45, 2.75) is 19.8 Å². The molecule has 0 heterocycles. The Morgan fingerprint density at radius 1 is 1.15 bits per heavy atom. The Morgan fingerprint density at radius 3 is 2.65 bits per heavy atom. The normalized spacial score (nSPS) is 12.5. The Labute approximate surface area is 117 Å². The molecule has 0 saturated heterocycles. The van der Waals surface area contributed by atoms with Crippen molar-refractivity contribution in [2.24, 2.45) is 0 Å². The second-order valence-electron chi connectivity index (χ2n) is 5.16. The summed E-state index contributed by atoms with van der Waals surface area (Å²) in [6.45, 7) is 1.98. The van der Waals surface area contributed by atoms with Gasteiger partial charge in [-0.2, -0.15) is 0 Å². The van der Waals surface area contributed by atoms with E-state index in [1.807, 2.05) is 31.2 Å². The Morgan fingerprint density at radius 2 is 1.90 bits per heavy atom. The Balaban J connectivity index is 2.22. The molecule has 3 rings (SSSR count). The van der Waals surface area contributed by atoms with Crippen molar-refractivity contribution in [3.63, 3.8) is 0 Å². The fraction of sp³-hybridized carbons (Fsp3) is 0.235. The molecular weight excluding hydrogens is 252 g/mol. The van der Waals surface area contributed by atoms with Gasteiger partial charge in [-0.1, -0.05) is 6.07 Å². The van der Waals surface area contributed by atoms with Crippen LogP contribution < -0.4 is 0 Å². The van der Waals surface area contributed by atoms with Gasteiger partial charge in [0.05, 0.1) is 12.7 Å². The lowest BCUT2D eigenvalue weighted by Crippen LogP contribution is -2.08. The first-order valence-electron chi connectivity index (χ1n) is 6.64. The number of aryl methyl sites for hydroxylation is 3. The summed E-state index contributed by atoms with van der Waals surface area (Å²) in [5.74, 6) is -0.0230.